The number of hydrogen-bond acceptors (Lipinski definition) is 1. The summed E-state index contributed by atoms with van der Waals surface area (Å²) in [6.07, 6.45) is 3.11. The zero-order valence-electron chi connectivity index (χ0n) is 13.3. The third kappa shape index (κ3) is 2.66. The van der Waals surface area contributed by atoms with Crippen LogP contribution in [0.15, 0.2) is 48.5 Å². The number of halogens is 1. The second-order valence-corrected chi connectivity index (χ2v) is 6.47. The molecule has 2 heterocycles. The summed E-state index contributed by atoms with van der Waals surface area (Å²) in [6.45, 7) is 1.09. The fourth-order valence-corrected chi connectivity index (χ4v) is 3.76. The summed E-state index contributed by atoms with van der Waals surface area (Å²) in [6, 6.07) is 15.9. The molecule has 3 aromatic rings. The van der Waals surface area contributed by atoms with Gasteiger partial charge in [-0.15, -0.1) is 0 Å². The van der Waals surface area contributed by atoms with E-state index in [1.54, 1.807) is 12.1 Å². The molecule has 0 bridgehead atoms. The maximum Gasteiger partial charge on any atom is 0.123 e. The molecule has 1 unspecified atom stereocenters. The molecule has 0 spiro atoms. The van der Waals surface area contributed by atoms with Crippen LogP contribution < -0.4 is 0 Å². The molecular weight excluding hydrogens is 287 g/mol. The lowest BCUT2D eigenvalue weighted by Crippen LogP contribution is -2.32. The van der Waals surface area contributed by atoms with Crippen LogP contribution in [0.4, 0.5) is 4.39 Å². The van der Waals surface area contributed by atoms with E-state index in [2.05, 4.69) is 41.2 Å². The van der Waals surface area contributed by atoms with Crippen LogP contribution in [0.5, 0.6) is 0 Å². The van der Waals surface area contributed by atoms with E-state index in [0.717, 1.165) is 25.8 Å². The van der Waals surface area contributed by atoms with E-state index in [1.165, 1.54) is 27.7 Å². The molecule has 2 nitrogen and oxygen atoms in total. The van der Waals surface area contributed by atoms with Gasteiger partial charge < -0.3 is 4.98 Å². The van der Waals surface area contributed by atoms with Crippen molar-refractivity contribution in [1.29, 1.82) is 0 Å². The Balaban J connectivity index is 1.62. The Hall–Kier alpha value is -2.13. The maximum atomic E-state index is 13.0. The van der Waals surface area contributed by atoms with Gasteiger partial charge >= 0.3 is 0 Å². The Morgan fingerprint density at radius 3 is 2.74 bits per heavy atom. The molecule has 0 saturated carbocycles. The van der Waals surface area contributed by atoms with Crippen LogP contribution in [0.2, 0.25) is 0 Å². The van der Waals surface area contributed by atoms with Gasteiger partial charge in [-0.05, 0) is 55.6 Å². The van der Waals surface area contributed by atoms with E-state index in [9.17, 15) is 4.39 Å². The number of hydrogen-bond donors (Lipinski definition) is 1. The van der Waals surface area contributed by atoms with Crippen LogP contribution in [0, 0.1) is 5.82 Å². The van der Waals surface area contributed by atoms with Crippen LogP contribution in [-0.2, 0) is 12.8 Å². The van der Waals surface area contributed by atoms with Gasteiger partial charge in [0, 0.05) is 23.1 Å². The summed E-state index contributed by atoms with van der Waals surface area (Å²) in [5, 5.41) is 1.36. The lowest BCUT2D eigenvalue weighted by Gasteiger charge is -2.33. The zero-order chi connectivity index (χ0) is 15.8. The Morgan fingerprint density at radius 1 is 1.13 bits per heavy atom. The minimum absolute atomic E-state index is 0.165. The van der Waals surface area contributed by atoms with Crippen molar-refractivity contribution >= 4 is 10.9 Å². The molecule has 1 aliphatic rings. The highest BCUT2D eigenvalue weighted by Gasteiger charge is 2.27. The van der Waals surface area contributed by atoms with Crippen molar-refractivity contribution in [3.05, 3.63) is 71.2 Å². The van der Waals surface area contributed by atoms with Gasteiger partial charge in [-0.25, -0.2) is 4.39 Å². The first-order valence-electron chi connectivity index (χ1n) is 8.26. The standard InChI is InChI=1S/C20H21FN2/c1-23-13-12-17-16-4-2-3-5-18(16)22-20(17)19(23)11-8-14-6-9-15(21)10-7-14/h2-7,9-10,19,22H,8,11-13H2,1H3. The quantitative estimate of drug-likeness (QED) is 0.756. The average molecular weight is 308 g/mol. The first kappa shape index (κ1) is 14.5. The number of nitrogens with zero attached hydrogens (tertiary/aromatic N) is 1. The van der Waals surface area contributed by atoms with Gasteiger partial charge in [0.2, 0.25) is 0 Å². The highest BCUT2D eigenvalue weighted by atomic mass is 19.1. The fraction of sp³-hybridized carbons (Fsp3) is 0.300. The number of H-pyrrole nitrogens is 1. The SMILES string of the molecule is CN1CCc2c([nH]c3ccccc23)C1CCc1ccc(F)cc1. The van der Waals surface area contributed by atoms with Crippen molar-refractivity contribution in [3.8, 4) is 0 Å². The third-order valence-corrected chi connectivity index (χ3v) is 5.05. The van der Waals surface area contributed by atoms with Crippen LogP contribution in [0.25, 0.3) is 10.9 Å². The molecule has 0 saturated heterocycles. The smallest absolute Gasteiger partial charge is 0.123 e. The van der Waals surface area contributed by atoms with Gasteiger partial charge in [-0.1, -0.05) is 30.3 Å². The number of fused-ring (bicyclic) bond motifs is 3. The Bertz CT molecular complexity index is 819. The van der Waals surface area contributed by atoms with E-state index in [4.69, 9.17) is 0 Å². The van der Waals surface area contributed by atoms with Crippen LogP contribution in [0.1, 0.15) is 29.3 Å². The minimum atomic E-state index is -0.165. The molecule has 3 heteroatoms. The summed E-state index contributed by atoms with van der Waals surface area (Å²) < 4.78 is 13.0. The molecule has 0 aliphatic carbocycles. The molecule has 1 aromatic heterocycles. The van der Waals surface area contributed by atoms with Crippen molar-refractivity contribution < 1.29 is 4.39 Å². The molecule has 1 N–H and O–H groups in total. The number of likely N-dealkylation sites (N-methyl/N-ethyl adjacent to an activating group) is 1. The van der Waals surface area contributed by atoms with Crippen LogP contribution >= 0.6 is 0 Å². The summed E-state index contributed by atoms with van der Waals surface area (Å²) in [5.74, 6) is -0.165. The highest BCUT2D eigenvalue weighted by molar-refractivity contribution is 5.85. The Labute approximate surface area is 135 Å². The van der Waals surface area contributed by atoms with Gasteiger partial charge in [-0.3, -0.25) is 4.90 Å². The number of aromatic amines is 1. The number of rotatable bonds is 3. The van der Waals surface area contributed by atoms with E-state index < -0.39 is 0 Å². The number of aryl methyl sites for hydroxylation is 1. The first-order chi connectivity index (χ1) is 11.2. The van der Waals surface area contributed by atoms with Gasteiger partial charge in [0.25, 0.3) is 0 Å². The molecule has 118 valence electrons. The summed E-state index contributed by atoms with van der Waals surface area (Å²) in [7, 11) is 2.20. The molecule has 0 amide bonds. The molecule has 4 rings (SSSR count). The number of nitrogens with one attached hydrogen (secondary N) is 1. The monoisotopic (exact) mass is 308 g/mol. The van der Waals surface area contributed by atoms with Crippen molar-refractivity contribution in [1.82, 2.24) is 9.88 Å². The maximum absolute atomic E-state index is 13.0. The molecule has 1 aliphatic heterocycles. The molecular formula is C20H21FN2. The van der Waals surface area contributed by atoms with Crippen LogP contribution in [0.3, 0.4) is 0 Å². The number of benzene rings is 2. The molecule has 23 heavy (non-hydrogen) atoms. The normalized spacial score (nSPS) is 18.3. The Kier molecular flexibility index (Phi) is 3.66. The van der Waals surface area contributed by atoms with Crippen LogP contribution in [-0.4, -0.2) is 23.5 Å². The van der Waals surface area contributed by atoms with E-state index in [-0.39, 0.29) is 5.82 Å². The highest BCUT2D eigenvalue weighted by Crippen LogP contribution is 2.35. The largest absolute Gasteiger partial charge is 0.357 e. The molecule has 1 atom stereocenters. The third-order valence-electron chi connectivity index (χ3n) is 5.05. The summed E-state index contributed by atoms with van der Waals surface area (Å²) >= 11 is 0. The predicted octanol–water partition coefficient (Wildman–Crippen LogP) is 4.47. The van der Waals surface area contributed by atoms with Crippen molar-refractivity contribution in [2.45, 2.75) is 25.3 Å². The molecule has 2 aromatic carbocycles. The van der Waals surface area contributed by atoms with Crippen molar-refractivity contribution in [2.75, 3.05) is 13.6 Å². The molecule has 0 radical (unpaired) electrons. The van der Waals surface area contributed by atoms with E-state index in [0.29, 0.717) is 6.04 Å². The molecule has 0 fully saturated rings. The average Bonchev–Trinajstić information content (AvgIpc) is 2.94. The van der Waals surface area contributed by atoms with Crippen molar-refractivity contribution in [2.24, 2.45) is 0 Å². The lowest BCUT2D eigenvalue weighted by molar-refractivity contribution is 0.216. The zero-order valence-corrected chi connectivity index (χ0v) is 13.3. The summed E-state index contributed by atoms with van der Waals surface area (Å²) in [4.78, 5) is 6.07. The lowest BCUT2D eigenvalue weighted by atomic mass is 9.93. The topological polar surface area (TPSA) is 19.0 Å². The first-order valence-corrected chi connectivity index (χ1v) is 8.26. The second kappa shape index (κ2) is 5.82. The summed E-state index contributed by atoms with van der Waals surface area (Å²) in [5.41, 5.74) is 5.27. The fourth-order valence-electron chi connectivity index (χ4n) is 3.76. The van der Waals surface area contributed by atoms with Gasteiger partial charge in [0.15, 0.2) is 0 Å². The van der Waals surface area contributed by atoms with Gasteiger partial charge in [0.05, 0.1) is 6.04 Å². The van der Waals surface area contributed by atoms with Gasteiger partial charge in [-0.2, -0.15) is 0 Å². The van der Waals surface area contributed by atoms with Gasteiger partial charge in [0.1, 0.15) is 5.82 Å². The number of para-hydroxylation sites is 1. The van der Waals surface area contributed by atoms with Crippen molar-refractivity contribution in [3.63, 3.8) is 0 Å². The minimum Gasteiger partial charge on any atom is -0.357 e. The van der Waals surface area contributed by atoms with E-state index in [1.807, 2.05) is 12.1 Å². The Morgan fingerprint density at radius 2 is 1.91 bits per heavy atom. The number of aromatic nitrogens is 1. The predicted molar refractivity (Wildman–Crippen MR) is 92.1 cm³/mol. The van der Waals surface area contributed by atoms with E-state index >= 15 is 0 Å². The second-order valence-electron chi connectivity index (χ2n) is 6.47.